The molecule has 2 aliphatic rings. The van der Waals surface area contributed by atoms with Gasteiger partial charge in [-0.25, -0.2) is 14.4 Å². The number of nitrogens with one attached hydrogen (secondary N) is 1. The molecule has 0 radical (unpaired) electrons. The number of hydrogen-bond acceptors (Lipinski definition) is 5. The van der Waals surface area contributed by atoms with E-state index in [-0.39, 0.29) is 12.3 Å². The summed E-state index contributed by atoms with van der Waals surface area (Å²) in [7, 11) is 0. The lowest BCUT2D eigenvalue weighted by atomic mass is 10.1. The van der Waals surface area contributed by atoms with E-state index in [1.165, 1.54) is 0 Å². The number of pyridine rings is 1. The number of anilines is 1. The van der Waals surface area contributed by atoms with Crippen LogP contribution in [0.2, 0.25) is 5.02 Å². The van der Waals surface area contributed by atoms with E-state index in [4.69, 9.17) is 11.6 Å². The monoisotopic (exact) mass is 460 g/mol. The Morgan fingerprint density at radius 3 is 2.66 bits per heavy atom. The van der Waals surface area contributed by atoms with Gasteiger partial charge in [0.1, 0.15) is 6.54 Å². The molecule has 1 aromatic carbocycles. The van der Waals surface area contributed by atoms with Crippen LogP contribution in [0.4, 0.5) is 10.5 Å². The highest BCUT2D eigenvalue weighted by atomic mass is 35.5. The molecule has 0 spiro atoms. The van der Waals surface area contributed by atoms with Gasteiger partial charge in [0.2, 0.25) is 6.54 Å². The summed E-state index contributed by atoms with van der Waals surface area (Å²) in [6.07, 6.45) is 4.30. The number of benzene rings is 1. The van der Waals surface area contributed by atoms with Gasteiger partial charge in [0.15, 0.2) is 0 Å². The third-order valence-corrected chi connectivity index (χ3v) is 6.45. The fraction of sp³-hybridized carbons (Fsp3) is 0.455. The maximum Gasteiger partial charge on any atom is 0.362 e. The smallest absolute Gasteiger partial charge is 0.362 e. The molecule has 10 heteroatoms. The van der Waals surface area contributed by atoms with Gasteiger partial charge in [0, 0.05) is 48.5 Å². The summed E-state index contributed by atoms with van der Waals surface area (Å²) in [4.78, 5) is 45.4. The number of urea groups is 1. The second kappa shape index (κ2) is 9.30. The first-order chi connectivity index (χ1) is 15.4. The predicted octanol–water partition coefficient (Wildman–Crippen LogP) is 2.64. The van der Waals surface area contributed by atoms with Gasteiger partial charge in [-0.05, 0) is 43.5 Å². The molecule has 3 heterocycles. The van der Waals surface area contributed by atoms with Gasteiger partial charge in [-0.1, -0.05) is 11.6 Å². The number of rotatable bonds is 4. The number of piperazine rings is 1. The molecule has 2 aliphatic heterocycles. The minimum atomic E-state index is -1.10. The number of halogens is 1. The number of aromatic nitrogens is 1. The Kier molecular flexibility index (Phi) is 6.48. The van der Waals surface area contributed by atoms with Crippen LogP contribution < -0.4 is 10.3 Å². The van der Waals surface area contributed by atoms with Crippen molar-refractivity contribution in [3.63, 3.8) is 0 Å². The minimum absolute atomic E-state index is 0.237. The van der Waals surface area contributed by atoms with Crippen molar-refractivity contribution in [2.75, 3.05) is 44.2 Å². The SMILES string of the molecule is O=C(O)C[N+]1(NC(=O)N2CCN(c3ccnc4cc(Cl)ccc34)CC2)CCCCCC1=O. The Morgan fingerprint density at radius 1 is 1.12 bits per heavy atom. The second-order valence-electron chi connectivity index (χ2n) is 8.33. The van der Waals surface area contributed by atoms with Gasteiger partial charge < -0.3 is 14.9 Å². The lowest BCUT2D eigenvalue weighted by molar-refractivity contribution is -0.882. The van der Waals surface area contributed by atoms with Crippen molar-refractivity contribution < 1.29 is 24.1 Å². The highest BCUT2D eigenvalue weighted by Crippen LogP contribution is 2.28. The quantitative estimate of drug-likeness (QED) is 0.680. The first kappa shape index (κ1) is 22.3. The number of carboxylic acids is 1. The summed E-state index contributed by atoms with van der Waals surface area (Å²) < 4.78 is -0.510. The molecule has 32 heavy (non-hydrogen) atoms. The van der Waals surface area contributed by atoms with Crippen LogP contribution in [-0.4, -0.2) is 76.8 Å². The molecule has 4 rings (SSSR count). The molecule has 2 N–H and O–H groups in total. The van der Waals surface area contributed by atoms with Crippen molar-refractivity contribution in [1.29, 1.82) is 0 Å². The lowest BCUT2D eigenvalue weighted by Crippen LogP contribution is -2.68. The van der Waals surface area contributed by atoms with E-state index < -0.39 is 23.1 Å². The molecule has 2 aromatic rings. The summed E-state index contributed by atoms with van der Waals surface area (Å²) in [5.41, 5.74) is 4.61. The largest absolute Gasteiger partial charge is 0.477 e. The van der Waals surface area contributed by atoms with Crippen LogP contribution in [0.15, 0.2) is 30.5 Å². The number of quaternary nitrogens is 1. The lowest BCUT2D eigenvalue weighted by Gasteiger charge is -2.39. The fourth-order valence-electron chi connectivity index (χ4n) is 4.52. The first-order valence-electron chi connectivity index (χ1n) is 10.9. The molecule has 2 saturated heterocycles. The van der Waals surface area contributed by atoms with Gasteiger partial charge in [-0.3, -0.25) is 4.98 Å². The van der Waals surface area contributed by atoms with Gasteiger partial charge >= 0.3 is 17.9 Å². The number of carbonyl (C=O) groups excluding carboxylic acids is 2. The number of hydrogen-bond donors (Lipinski definition) is 2. The third kappa shape index (κ3) is 4.63. The van der Waals surface area contributed by atoms with E-state index in [1.807, 2.05) is 24.3 Å². The third-order valence-electron chi connectivity index (χ3n) is 6.21. The van der Waals surface area contributed by atoms with E-state index in [9.17, 15) is 19.5 Å². The van der Waals surface area contributed by atoms with Crippen LogP contribution in [0.25, 0.3) is 10.9 Å². The summed E-state index contributed by atoms with van der Waals surface area (Å²) >= 11 is 6.09. The fourth-order valence-corrected chi connectivity index (χ4v) is 4.68. The van der Waals surface area contributed by atoms with E-state index in [2.05, 4.69) is 15.3 Å². The van der Waals surface area contributed by atoms with Gasteiger partial charge in [0.25, 0.3) is 0 Å². The molecular weight excluding hydrogens is 434 g/mol. The number of amides is 3. The maximum atomic E-state index is 13.0. The van der Waals surface area contributed by atoms with Crippen LogP contribution in [0.3, 0.4) is 0 Å². The molecule has 0 aliphatic carbocycles. The molecule has 0 bridgehead atoms. The molecule has 2 fully saturated rings. The minimum Gasteiger partial charge on any atom is -0.477 e. The molecule has 9 nitrogen and oxygen atoms in total. The molecule has 3 amide bonds. The van der Waals surface area contributed by atoms with Crippen molar-refractivity contribution in [3.8, 4) is 0 Å². The van der Waals surface area contributed by atoms with Crippen molar-refractivity contribution >= 4 is 46.1 Å². The molecule has 170 valence electrons. The van der Waals surface area contributed by atoms with E-state index >= 15 is 0 Å². The predicted molar refractivity (Wildman–Crippen MR) is 120 cm³/mol. The molecule has 1 aromatic heterocycles. The van der Waals surface area contributed by atoms with Crippen molar-refractivity contribution in [1.82, 2.24) is 15.3 Å². The van der Waals surface area contributed by atoms with E-state index in [0.29, 0.717) is 44.2 Å². The van der Waals surface area contributed by atoms with Gasteiger partial charge in [-0.15, -0.1) is 4.59 Å². The normalized spacial score (nSPS) is 22.0. The number of carboxylic acid groups (broad SMARTS) is 1. The van der Waals surface area contributed by atoms with Crippen molar-refractivity contribution in [2.45, 2.75) is 25.7 Å². The summed E-state index contributed by atoms with van der Waals surface area (Å²) in [6.45, 7) is 2.03. The number of likely N-dealkylation sites (tertiary alicyclic amines) is 1. The van der Waals surface area contributed by atoms with Gasteiger partial charge in [0.05, 0.1) is 11.9 Å². The molecule has 1 atom stereocenters. The second-order valence-corrected chi connectivity index (χ2v) is 8.77. The first-order valence-corrected chi connectivity index (χ1v) is 11.2. The van der Waals surface area contributed by atoms with Crippen LogP contribution in [0.1, 0.15) is 25.7 Å². The summed E-state index contributed by atoms with van der Waals surface area (Å²) in [5, 5.41) is 11.0. The van der Waals surface area contributed by atoms with Crippen LogP contribution in [-0.2, 0) is 9.59 Å². The Labute approximate surface area is 191 Å². The van der Waals surface area contributed by atoms with Crippen LogP contribution in [0, 0.1) is 0 Å². The summed E-state index contributed by atoms with van der Waals surface area (Å²) in [6, 6.07) is 7.17. The maximum absolute atomic E-state index is 13.0. The number of aliphatic carboxylic acids is 1. The molecular formula is C22H27ClN5O4+. The number of carbonyl (C=O) groups is 3. The Morgan fingerprint density at radius 2 is 1.91 bits per heavy atom. The standard InChI is InChI=1S/C22H26ClN5O4/c23-16-5-6-17-18(14-16)24-8-7-19(17)26-9-11-27(12-10-26)22(32)25-28(15-21(30)31)13-3-1-2-4-20(28)29/h5-8,14H,1-4,9-13,15H2,(H-,25,30,31,32)/p+1. The zero-order valence-electron chi connectivity index (χ0n) is 17.8. The van der Waals surface area contributed by atoms with Crippen molar-refractivity contribution in [2.24, 2.45) is 0 Å². The average molecular weight is 461 g/mol. The van der Waals surface area contributed by atoms with Crippen LogP contribution in [0.5, 0.6) is 0 Å². The average Bonchev–Trinajstić information content (AvgIpc) is 2.94. The van der Waals surface area contributed by atoms with E-state index in [0.717, 1.165) is 29.4 Å². The Balaban J connectivity index is 1.45. The Hall–Kier alpha value is -2.91. The highest BCUT2D eigenvalue weighted by Gasteiger charge is 2.43. The number of fused-ring (bicyclic) bond motifs is 1. The molecule has 0 saturated carbocycles. The van der Waals surface area contributed by atoms with Gasteiger partial charge in [-0.2, -0.15) is 5.43 Å². The highest BCUT2D eigenvalue weighted by molar-refractivity contribution is 6.31. The number of nitrogens with zero attached hydrogens (tertiary/aromatic N) is 4. The Bertz CT molecular complexity index is 1040. The topological polar surface area (TPSA) is 103 Å². The zero-order chi connectivity index (χ0) is 22.7. The van der Waals surface area contributed by atoms with Crippen LogP contribution >= 0.6 is 11.6 Å². The molecule has 1 unspecified atom stereocenters. The van der Waals surface area contributed by atoms with E-state index in [1.54, 1.807) is 11.1 Å². The van der Waals surface area contributed by atoms with Crippen molar-refractivity contribution in [3.05, 3.63) is 35.5 Å². The summed E-state index contributed by atoms with van der Waals surface area (Å²) in [5.74, 6) is -1.34. The zero-order valence-corrected chi connectivity index (χ0v) is 18.6.